The van der Waals surface area contributed by atoms with E-state index in [-0.39, 0.29) is 5.92 Å². The molecule has 18 heavy (non-hydrogen) atoms. The van der Waals surface area contributed by atoms with E-state index in [1.807, 2.05) is 0 Å². The first-order valence-electron chi connectivity index (χ1n) is 7.22. The molecule has 2 aliphatic heterocycles. The normalized spacial score (nSPS) is 30.1. The molecular formula is C14H27N3O. The Hall–Kier alpha value is -0.610. The zero-order chi connectivity index (χ0) is 13.1. The lowest BCUT2D eigenvalue weighted by molar-refractivity contribution is -0.137. The molecule has 4 heteroatoms. The van der Waals surface area contributed by atoms with Crippen LogP contribution in [0.5, 0.6) is 0 Å². The van der Waals surface area contributed by atoms with Gasteiger partial charge in [-0.25, -0.2) is 0 Å². The van der Waals surface area contributed by atoms with Crippen LogP contribution < -0.4 is 5.32 Å². The Labute approximate surface area is 111 Å². The number of carbonyl (C=O) groups excluding carboxylic acids is 1. The lowest BCUT2D eigenvalue weighted by Crippen LogP contribution is -2.44. The van der Waals surface area contributed by atoms with Gasteiger partial charge in [0, 0.05) is 26.2 Å². The number of piperidine rings is 1. The summed E-state index contributed by atoms with van der Waals surface area (Å²) in [4.78, 5) is 16.8. The third-order valence-electron chi connectivity index (χ3n) is 4.38. The van der Waals surface area contributed by atoms with E-state index in [9.17, 15) is 4.79 Å². The van der Waals surface area contributed by atoms with Crippen LogP contribution in [-0.4, -0.2) is 62.5 Å². The van der Waals surface area contributed by atoms with Gasteiger partial charge < -0.3 is 15.1 Å². The number of carbonyl (C=O) groups is 1. The summed E-state index contributed by atoms with van der Waals surface area (Å²) >= 11 is 0. The number of hydrogen-bond acceptors (Lipinski definition) is 3. The largest absolute Gasteiger partial charge is 0.342 e. The Morgan fingerprint density at radius 3 is 2.44 bits per heavy atom. The molecule has 0 aromatic heterocycles. The number of rotatable bonds is 3. The predicted octanol–water partition coefficient (Wildman–Crippen LogP) is 0.642. The van der Waals surface area contributed by atoms with E-state index >= 15 is 0 Å². The number of nitrogens with one attached hydrogen (secondary N) is 1. The molecule has 104 valence electrons. The summed E-state index contributed by atoms with van der Waals surface area (Å²) in [5.41, 5.74) is 0. The van der Waals surface area contributed by atoms with Crippen LogP contribution in [0.15, 0.2) is 0 Å². The van der Waals surface area contributed by atoms with Crippen LogP contribution in [0.25, 0.3) is 0 Å². The molecule has 1 N–H and O–H groups in total. The fourth-order valence-corrected chi connectivity index (χ4v) is 3.23. The van der Waals surface area contributed by atoms with Crippen molar-refractivity contribution in [2.75, 3.05) is 46.8 Å². The number of amides is 1. The Kier molecular flexibility index (Phi) is 4.62. The summed E-state index contributed by atoms with van der Waals surface area (Å²) < 4.78 is 0. The molecule has 2 heterocycles. The lowest BCUT2D eigenvalue weighted by atomic mass is 9.92. The summed E-state index contributed by atoms with van der Waals surface area (Å²) in [6.45, 7) is 7.12. The molecule has 4 nitrogen and oxygen atoms in total. The first-order chi connectivity index (χ1) is 8.58. The quantitative estimate of drug-likeness (QED) is 0.802. The molecule has 2 unspecified atom stereocenters. The number of hydrogen-bond donors (Lipinski definition) is 1. The first kappa shape index (κ1) is 13.8. The Morgan fingerprint density at radius 1 is 1.28 bits per heavy atom. The third-order valence-corrected chi connectivity index (χ3v) is 4.38. The molecule has 2 saturated heterocycles. The van der Waals surface area contributed by atoms with Crippen LogP contribution in [0.1, 0.15) is 19.8 Å². The predicted molar refractivity (Wildman–Crippen MR) is 73.4 cm³/mol. The summed E-state index contributed by atoms with van der Waals surface area (Å²) in [5.74, 6) is 1.87. The third kappa shape index (κ3) is 3.23. The van der Waals surface area contributed by atoms with Crippen molar-refractivity contribution in [2.24, 2.45) is 17.8 Å². The molecule has 2 atom stereocenters. The molecule has 0 aliphatic carbocycles. The minimum Gasteiger partial charge on any atom is -0.342 e. The van der Waals surface area contributed by atoms with Gasteiger partial charge in [-0.05, 0) is 45.3 Å². The maximum atomic E-state index is 12.4. The zero-order valence-corrected chi connectivity index (χ0v) is 12.0. The van der Waals surface area contributed by atoms with E-state index in [1.165, 1.54) is 12.8 Å². The molecule has 0 saturated carbocycles. The van der Waals surface area contributed by atoms with Crippen LogP contribution >= 0.6 is 0 Å². The lowest BCUT2D eigenvalue weighted by Gasteiger charge is -2.35. The molecule has 2 fully saturated rings. The van der Waals surface area contributed by atoms with Crippen molar-refractivity contribution in [2.45, 2.75) is 19.8 Å². The monoisotopic (exact) mass is 253 g/mol. The van der Waals surface area contributed by atoms with Crippen molar-refractivity contribution in [1.29, 1.82) is 0 Å². The molecule has 2 rings (SSSR count). The van der Waals surface area contributed by atoms with E-state index in [0.29, 0.717) is 11.8 Å². The van der Waals surface area contributed by atoms with Gasteiger partial charge in [0.25, 0.3) is 0 Å². The number of nitrogens with zero attached hydrogens (tertiary/aromatic N) is 2. The highest BCUT2D eigenvalue weighted by atomic mass is 16.2. The Bertz CT molecular complexity index is 285. The van der Waals surface area contributed by atoms with Crippen LogP contribution in [0.4, 0.5) is 0 Å². The van der Waals surface area contributed by atoms with E-state index in [0.717, 1.165) is 38.6 Å². The molecule has 0 aromatic carbocycles. The van der Waals surface area contributed by atoms with Gasteiger partial charge in [-0.3, -0.25) is 4.79 Å². The maximum absolute atomic E-state index is 12.4. The fraction of sp³-hybridized carbons (Fsp3) is 0.929. The van der Waals surface area contributed by atoms with Crippen molar-refractivity contribution in [3.8, 4) is 0 Å². The van der Waals surface area contributed by atoms with Crippen LogP contribution in [0, 0.1) is 17.8 Å². The summed E-state index contributed by atoms with van der Waals surface area (Å²) in [6, 6.07) is 0. The van der Waals surface area contributed by atoms with Gasteiger partial charge in [0.05, 0.1) is 5.92 Å². The average Bonchev–Trinajstić information content (AvgIpc) is 2.75. The van der Waals surface area contributed by atoms with Crippen LogP contribution in [0.3, 0.4) is 0 Å². The fourth-order valence-electron chi connectivity index (χ4n) is 3.23. The molecule has 0 bridgehead atoms. The van der Waals surface area contributed by atoms with Gasteiger partial charge in [0.1, 0.15) is 0 Å². The van der Waals surface area contributed by atoms with E-state index < -0.39 is 0 Å². The van der Waals surface area contributed by atoms with Gasteiger partial charge in [-0.1, -0.05) is 6.92 Å². The molecule has 1 amide bonds. The standard InChI is InChI=1S/C14H27N3O/c1-11-8-15-9-13(11)14(18)17-6-4-12(5-7-17)10-16(2)3/h11-13,15H,4-10H2,1-3H3. The van der Waals surface area contributed by atoms with E-state index in [1.54, 1.807) is 0 Å². The smallest absolute Gasteiger partial charge is 0.227 e. The minimum atomic E-state index is 0.218. The highest BCUT2D eigenvalue weighted by Gasteiger charge is 2.34. The molecule has 0 radical (unpaired) electrons. The van der Waals surface area contributed by atoms with Crippen LogP contribution in [-0.2, 0) is 4.79 Å². The SMILES string of the molecule is CC1CNCC1C(=O)N1CCC(CN(C)C)CC1. The average molecular weight is 253 g/mol. The molecular weight excluding hydrogens is 226 g/mol. The highest BCUT2D eigenvalue weighted by molar-refractivity contribution is 5.79. The van der Waals surface area contributed by atoms with Gasteiger partial charge in [-0.15, -0.1) is 0 Å². The van der Waals surface area contributed by atoms with Crippen molar-refractivity contribution in [3.05, 3.63) is 0 Å². The zero-order valence-electron chi connectivity index (χ0n) is 12.0. The summed E-state index contributed by atoms with van der Waals surface area (Å²) in [7, 11) is 4.26. The van der Waals surface area contributed by atoms with Gasteiger partial charge >= 0.3 is 0 Å². The van der Waals surface area contributed by atoms with Crippen molar-refractivity contribution in [3.63, 3.8) is 0 Å². The first-order valence-corrected chi connectivity index (χ1v) is 7.22. The molecule has 2 aliphatic rings. The Balaban J connectivity index is 1.80. The van der Waals surface area contributed by atoms with Crippen molar-refractivity contribution < 1.29 is 4.79 Å². The highest BCUT2D eigenvalue weighted by Crippen LogP contribution is 2.23. The van der Waals surface area contributed by atoms with Gasteiger partial charge in [0.2, 0.25) is 5.91 Å². The van der Waals surface area contributed by atoms with Crippen LogP contribution in [0.2, 0.25) is 0 Å². The molecule has 0 aromatic rings. The van der Waals surface area contributed by atoms with Crippen molar-refractivity contribution >= 4 is 5.91 Å². The van der Waals surface area contributed by atoms with Gasteiger partial charge in [-0.2, -0.15) is 0 Å². The second-order valence-electron chi connectivity index (χ2n) is 6.27. The summed E-state index contributed by atoms with van der Waals surface area (Å²) in [6.07, 6.45) is 2.33. The summed E-state index contributed by atoms with van der Waals surface area (Å²) in [5, 5.41) is 3.32. The maximum Gasteiger partial charge on any atom is 0.227 e. The van der Waals surface area contributed by atoms with E-state index in [4.69, 9.17) is 0 Å². The second kappa shape index (κ2) is 6.02. The van der Waals surface area contributed by atoms with Gasteiger partial charge in [0.15, 0.2) is 0 Å². The number of likely N-dealkylation sites (tertiary alicyclic amines) is 1. The second-order valence-corrected chi connectivity index (χ2v) is 6.27. The Morgan fingerprint density at radius 2 is 1.94 bits per heavy atom. The molecule has 0 spiro atoms. The topological polar surface area (TPSA) is 35.6 Å². The van der Waals surface area contributed by atoms with Crippen molar-refractivity contribution in [1.82, 2.24) is 15.1 Å². The van der Waals surface area contributed by atoms with E-state index in [2.05, 4.69) is 36.1 Å². The minimum absolute atomic E-state index is 0.218.